The highest BCUT2D eigenvalue weighted by atomic mass is 35.5. The Bertz CT molecular complexity index is 885. The molecule has 2 N–H and O–H groups in total. The van der Waals surface area contributed by atoms with Crippen LogP contribution in [0.5, 0.6) is 5.75 Å². The summed E-state index contributed by atoms with van der Waals surface area (Å²) in [6, 6.07) is 15.3. The summed E-state index contributed by atoms with van der Waals surface area (Å²) in [4.78, 5) is 28.6. The lowest BCUT2D eigenvalue weighted by Gasteiger charge is -2.36. The molecule has 1 fully saturated rings. The predicted octanol–water partition coefficient (Wildman–Crippen LogP) is 2.29. The van der Waals surface area contributed by atoms with Gasteiger partial charge in [-0.3, -0.25) is 14.5 Å². The molecule has 0 aromatic heterocycles. The maximum Gasteiger partial charge on any atom is 0.309 e. The summed E-state index contributed by atoms with van der Waals surface area (Å²) in [6.07, 6.45) is 0.790. The van der Waals surface area contributed by atoms with E-state index in [9.17, 15) is 9.59 Å². The molecule has 2 aromatic rings. The zero-order valence-electron chi connectivity index (χ0n) is 17.8. The molecule has 7 nitrogen and oxygen atoms in total. The molecule has 2 amide bonds. The smallest absolute Gasteiger partial charge is 0.309 e. The fraction of sp³-hybridized carbons (Fsp3) is 0.391. The van der Waals surface area contributed by atoms with E-state index in [-0.39, 0.29) is 6.54 Å². The molecule has 1 aliphatic heterocycles. The van der Waals surface area contributed by atoms with E-state index in [1.54, 1.807) is 13.2 Å². The number of hydrogen-bond donors (Lipinski definition) is 2. The quantitative estimate of drug-likeness (QED) is 0.482. The molecule has 0 unspecified atom stereocenters. The maximum atomic E-state index is 12.0. The van der Waals surface area contributed by atoms with Crippen LogP contribution < -0.4 is 20.3 Å². The van der Waals surface area contributed by atoms with Gasteiger partial charge in [0.15, 0.2) is 0 Å². The maximum absolute atomic E-state index is 12.0. The summed E-state index contributed by atoms with van der Waals surface area (Å²) >= 11 is 6.06. The third-order valence-electron chi connectivity index (χ3n) is 5.34. The lowest BCUT2D eigenvalue weighted by atomic mass is 10.2. The van der Waals surface area contributed by atoms with E-state index >= 15 is 0 Å². The molecule has 1 aliphatic rings. The standard InChI is InChI=1S/C23H29ClN4O3/c1-31-21-10-5-4-9-20(21)28-15-13-27(14-16-28)12-6-11-25-22(29)23(30)26-17-18-7-2-3-8-19(18)24/h2-5,7-10H,6,11-17H2,1H3,(H,25,29)(H,26,30). The molecule has 2 aromatic carbocycles. The molecule has 0 atom stereocenters. The van der Waals surface area contributed by atoms with E-state index in [4.69, 9.17) is 16.3 Å². The number of amides is 2. The average molecular weight is 445 g/mol. The second kappa shape index (κ2) is 11.6. The van der Waals surface area contributed by atoms with Crippen molar-refractivity contribution in [2.75, 3.05) is 51.3 Å². The molecular weight excluding hydrogens is 416 g/mol. The van der Waals surface area contributed by atoms with Crippen molar-refractivity contribution < 1.29 is 14.3 Å². The summed E-state index contributed by atoms with van der Waals surface area (Å²) in [6.45, 7) is 5.32. The highest BCUT2D eigenvalue weighted by Gasteiger charge is 2.19. The summed E-state index contributed by atoms with van der Waals surface area (Å²) in [5.41, 5.74) is 1.90. The van der Waals surface area contributed by atoms with Gasteiger partial charge in [0, 0.05) is 44.3 Å². The van der Waals surface area contributed by atoms with Crippen LogP contribution in [-0.2, 0) is 16.1 Å². The van der Waals surface area contributed by atoms with Gasteiger partial charge in [0.25, 0.3) is 0 Å². The zero-order chi connectivity index (χ0) is 22.1. The Hall–Kier alpha value is -2.77. The lowest BCUT2D eigenvalue weighted by Crippen LogP contribution is -2.47. The Morgan fingerprint density at radius 3 is 2.39 bits per heavy atom. The van der Waals surface area contributed by atoms with Crippen LogP contribution >= 0.6 is 11.6 Å². The lowest BCUT2D eigenvalue weighted by molar-refractivity contribution is -0.139. The average Bonchev–Trinajstić information content (AvgIpc) is 2.81. The first-order chi connectivity index (χ1) is 15.1. The van der Waals surface area contributed by atoms with Crippen LogP contribution in [0, 0.1) is 0 Å². The number of anilines is 1. The van der Waals surface area contributed by atoms with Crippen LogP contribution in [0.4, 0.5) is 5.69 Å². The van der Waals surface area contributed by atoms with Gasteiger partial charge in [-0.15, -0.1) is 0 Å². The minimum Gasteiger partial charge on any atom is -0.495 e. The number of nitrogens with zero attached hydrogens (tertiary/aromatic N) is 2. The monoisotopic (exact) mass is 444 g/mol. The number of carbonyl (C=O) groups is 2. The van der Waals surface area contributed by atoms with Gasteiger partial charge in [-0.2, -0.15) is 0 Å². The third-order valence-corrected chi connectivity index (χ3v) is 5.71. The number of hydrogen-bond acceptors (Lipinski definition) is 5. The highest BCUT2D eigenvalue weighted by molar-refractivity contribution is 6.35. The van der Waals surface area contributed by atoms with E-state index < -0.39 is 11.8 Å². The number of benzene rings is 2. The summed E-state index contributed by atoms with van der Waals surface area (Å²) < 4.78 is 5.46. The van der Waals surface area contributed by atoms with Crippen LogP contribution in [-0.4, -0.2) is 63.1 Å². The minimum atomic E-state index is -0.648. The summed E-state index contributed by atoms with van der Waals surface area (Å²) in [7, 11) is 1.69. The van der Waals surface area contributed by atoms with Crippen molar-refractivity contribution in [2.45, 2.75) is 13.0 Å². The second-order valence-electron chi connectivity index (χ2n) is 7.38. The minimum absolute atomic E-state index is 0.225. The largest absolute Gasteiger partial charge is 0.495 e. The fourth-order valence-corrected chi connectivity index (χ4v) is 3.79. The molecular formula is C23H29ClN4O3. The predicted molar refractivity (Wildman–Crippen MR) is 123 cm³/mol. The van der Waals surface area contributed by atoms with Crippen molar-refractivity contribution >= 4 is 29.1 Å². The third kappa shape index (κ3) is 6.60. The van der Waals surface area contributed by atoms with Crippen molar-refractivity contribution in [2.24, 2.45) is 0 Å². The molecule has 0 radical (unpaired) electrons. The van der Waals surface area contributed by atoms with Crippen molar-refractivity contribution in [1.29, 1.82) is 0 Å². The number of halogens is 1. The Morgan fingerprint density at radius 1 is 0.968 bits per heavy atom. The highest BCUT2D eigenvalue weighted by Crippen LogP contribution is 2.28. The van der Waals surface area contributed by atoms with Crippen LogP contribution in [0.25, 0.3) is 0 Å². The Labute approximate surface area is 188 Å². The first kappa shape index (κ1) is 22.9. The Kier molecular flexibility index (Phi) is 8.55. The van der Waals surface area contributed by atoms with Gasteiger partial charge in [0.2, 0.25) is 0 Å². The normalized spacial score (nSPS) is 14.2. The van der Waals surface area contributed by atoms with Crippen molar-refractivity contribution in [1.82, 2.24) is 15.5 Å². The molecule has 31 heavy (non-hydrogen) atoms. The number of ether oxygens (including phenoxy) is 1. The van der Waals surface area contributed by atoms with Gasteiger partial charge in [0.1, 0.15) is 5.75 Å². The van der Waals surface area contributed by atoms with E-state index in [0.29, 0.717) is 11.6 Å². The summed E-state index contributed by atoms with van der Waals surface area (Å²) in [5, 5.41) is 5.85. The Balaban J connectivity index is 1.32. The molecule has 0 saturated carbocycles. The first-order valence-corrected chi connectivity index (χ1v) is 10.9. The van der Waals surface area contributed by atoms with Gasteiger partial charge in [0.05, 0.1) is 12.8 Å². The molecule has 1 heterocycles. The number of para-hydroxylation sites is 2. The number of piperazine rings is 1. The number of methoxy groups -OCH3 is 1. The SMILES string of the molecule is COc1ccccc1N1CCN(CCCNC(=O)C(=O)NCc2ccccc2Cl)CC1. The second-order valence-corrected chi connectivity index (χ2v) is 7.79. The topological polar surface area (TPSA) is 73.9 Å². The number of carbonyl (C=O) groups excluding carboxylic acids is 2. The Morgan fingerprint density at radius 2 is 1.65 bits per heavy atom. The van der Waals surface area contributed by atoms with Gasteiger partial charge in [-0.1, -0.05) is 41.9 Å². The van der Waals surface area contributed by atoms with Crippen molar-refractivity contribution in [3.8, 4) is 5.75 Å². The van der Waals surface area contributed by atoms with Crippen LogP contribution in [0.1, 0.15) is 12.0 Å². The molecule has 1 saturated heterocycles. The van der Waals surface area contributed by atoms with Crippen LogP contribution in [0.15, 0.2) is 48.5 Å². The zero-order valence-corrected chi connectivity index (χ0v) is 18.5. The molecule has 0 spiro atoms. The van der Waals surface area contributed by atoms with Crippen molar-refractivity contribution in [3.63, 3.8) is 0 Å². The molecule has 0 bridgehead atoms. The van der Waals surface area contributed by atoms with E-state index in [2.05, 4.69) is 26.5 Å². The molecule has 3 rings (SSSR count). The fourth-order valence-electron chi connectivity index (χ4n) is 3.59. The molecule has 166 valence electrons. The van der Waals surface area contributed by atoms with Gasteiger partial charge in [-0.25, -0.2) is 0 Å². The van der Waals surface area contributed by atoms with Gasteiger partial charge >= 0.3 is 11.8 Å². The van der Waals surface area contributed by atoms with E-state index in [0.717, 1.165) is 56.1 Å². The van der Waals surface area contributed by atoms with E-state index in [1.165, 1.54) is 0 Å². The molecule has 0 aliphatic carbocycles. The summed E-state index contributed by atoms with van der Waals surface area (Å²) in [5.74, 6) is -0.370. The number of rotatable bonds is 8. The van der Waals surface area contributed by atoms with Crippen molar-refractivity contribution in [3.05, 3.63) is 59.1 Å². The van der Waals surface area contributed by atoms with Crippen LogP contribution in [0.2, 0.25) is 5.02 Å². The van der Waals surface area contributed by atoms with Gasteiger partial charge in [-0.05, 0) is 36.7 Å². The number of nitrogens with one attached hydrogen (secondary N) is 2. The van der Waals surface area contributed by atoms with E-state index in [1.807, 2.05) is 36.4 Å². The molecule has 8 heteroatoms. The van der Waals surface area contributed by atoms with Gasteiger partial charge < -0.3 is 20.3 Å². The van der Waals surface area contributed by atoms with Crippen LogP contribution in [0.3, 0.4) is 0 Å². The first-order valence-electron chi connectivity index (χ1n) is 10.5.